The fourth-order valence-corrected chi connectivity index (χ4v) is 2.22. The van der Waals surface area contributed by atoms with E-state index < -0.39 is 5.92 Å². The first kappa shape index (κ1) is 10.8. The monoisotopic (exact) mass is 277 g/mol. The van der Waals surface area contributed by atoms with E-state index in [1.54, 1.807) is 18.3 Å². The summed E-state index contributed by atoms with van der Waals surface area (Å²) in [5.41, 5.74) is -0.160. The van der Waals surface area contributed by atoms with Gasteiger partial charge in [0.2, 0.25) is 5.92 Å². The third-order valence-corrected chi connectivity index (χ3v) is 3.21. The fraction of sp³-hybridized carbons (Fsp3) is 0.500. The Balaban J connectivity index is 2.07. The average molecular weight is 278 g/mol. The Morgan fingerprint density at radius 1 is 1.53 bits per heavy atom. The van der Waals surface area contributed by atoms with Crippen molar-refractivity contribution < 1.29 is 8.78 Å². The van der Waals surface area contributed by atoms with Crippen molar-refractivity contribution in [3.8, 4) is 0 Å². The zero-order chi connectivity index (χ0) is 11.1. The maximum Gasteiger partial charge on any atom is 0.264 e. The third-order valence-electron chi connectivity index (χ3n) is 2.60. The van der Waals surface area contributed by atoms with Gasteiger partial charge < -0.3 is 4.57 Å². The Labute approximate surface area is 94.0 Å². The number of alkyl halides is 2. The zero-order valence-corrected chi connectivity index (χ0v) is 9.51. The summed E-state index contributed by atoms with van der Waals surface area (Å²) in [6, 6.07) is 3.37. The van der Waals surface area contributed by atoms with Crippen molar-refractivity contribution in [1.82, 2.24) is 4.57 Å². The molecular formula is C10H10BrF2NO. The predicted octanol–water partition coefficient (Wildman–Crippen LogP) is 2.66. The minimum atomic E-state index is -2.51. The lowest BCUT2D eigenvalue weighted by molar-refractivity contribution is -0.114. The highest BCUT2D eigenvalue weighted by Crippen LogP contribution is 2.42. The predicted molar refractivity (Wildman–Crippen MR) is 56.1 cm³/mol. The first-order valence-corrected chi connectivity index (χ1v) is 5.50. The molecule has 1 aliphatic carbocycles. The number of hydrogen-bond donors (Lipinski definition) is 0. The van der Waals surface area contributed by atoms with Crippen LogP contribution in [0.5, 0.6) is 0 Å². The molecule has 0 unspecified atom stereocenters. The molecule has 2 nitrogen and oxygen atoms in total. The summed E-state index contributed by atoms with van der Waals surface area (Å²) in [7, 11) is 0. The maximum atomic E-state index is 12.6. The van der Waals surface area contributed by atoms with Gasteiger partial charge in [0.15, 0.2) is 0 Å². The number of aromatic nitrogens is 1. The second-order valence-corrected chi connectivity index (χ2v) is 4.80. The first-order chi connectivity index (χ1) is 6.98. The molecular weight excluding hydrogens is 268 g/mol. The highest BCUT2D eigenvalue weighted by Gasteiger charge is 2.45. The van der Waals surface area contributed by atoms with E-state index in [1.165, 1.54) is 4.57 Å². The Hall–Kier alpha value is -0.710. The molecule has 0 N–H and O–H groups in total. The SMILES string of the molecule is O=c1c(Br)cccn1CC1CC(F)(F)C1. The second-order valence-electron chi connectivity index (χ2n) is 3.94. The summed E-state index contributed by atoms with van der Waals surface area (Å²) in [4.78, 5) is 11.5. The van der Waals surface area contributed by atoms with Gasteiger partial charge in [-0.05, 0) is 34.0 Å². The largest absolute Gasteiger partial charge is 0.314 e. The molecule has 0 amide bonds. The molecule has 0 aromatic carbocycles. The molecule has 1 fully saturated rings. The van der Waals surface area contributed by atoms with Gasteiger partial charge in [-0.3, -0.25) is 4.79 Å². The van der Waals surface area contributed by atoms with Gasteiger partial charge in [0.25, 0.3) is 5.56 Å². The van der Waals surface area contributed by atoms with E-state index >= 15 is 0 Å². The van der Waals surface area contributed by atoms with Crippen LogP contribution < -0.4 is 5.56 Å². The van der Waals surface area contributed by atoms with Gasteiger partial charge in [0.1, 0.15) is 0 Å². The van der Waals surface area contributed by atoms with Crippen LogP contribution in [-0.4, -0.2) is 10.5 Å². The lowest BCUT2D eigenvalue weighted by atomic mass is 9.81. The van der Waals surface area contributed by atoms with Crippen LogP contribution in [0.4, 0.5) is 8.78 Å². The van der Waals surface area contributed by atoms with E-state index in [9.17, 15) is 13.6 Å². The first-order valence-electron chi connectivity index (χ1n) is 4.71. The summed E-state index contributed by atoms with van der Waals surface area (Å²) >= 11 is 3.12. The number of halogens is 3. The van der Waals surface area contributed by atoms with E-state index in [-0.39, 0.29) is 24.3 Å². The Morgan fingerprint density at radius 3 is 2.80 bits per heavy atom. The van der Waals surface area contributed by atoms with E-state index in [0.29, 0.717) is 11.0 Å². The summed E-state index contributed by atoms with van der Waals surface area (Å²) in [5.74, 6) is -2.59. The van der Waals surface area contributed by atoms with Gasteiger partial charge in [-0.2, -0.15) is 0 Å². The van der Waals surface area contributed by atoms with Crippen molar-refractivity contribution in [2.24, 2.45) is 5.92 Å². The van der Waals surface area contributed by atoms with Crippen LogP contribution in [0.15, 0.2) is 27.6 Å². The van der Waals surface area contributed by atoms with Crippen molar-refractivity contribution in [2.45, 2.75) is 25.3 Å². The Bertz CT molecular complexity index is 422. The molecule has 1 aromatic rings. The molecule has 0 atom stereocenters. The minimum absolute atomic E-state index is 0.0769. The van der Waals surface area contributed by atoms with Gasteiger partial charge in [-0.15, -0.1) is 0 Å². The van der Waals surface area contributed by atoms with Crippen LogP contribution in [0.2, 0.25) is 0 Å². The topological polar surface area (TPSA) is 22.0 Å². The van der Waals surface area contributed by atoms with Gasteiger partial charge in [0, 0.05) is 25.6 Å². The van der Waals surface area contributed by atoms with Crippen molar-refractivity contribution in [1.29, 1.82) is 0 Å². The van der Waals surface area contributed by atoms with Crippen molar-refractivity contribution in [3.05, 3.63) is 33.2 Å². The molecule has 2 rings (SSSR count). The Kier molecular flexibility index (Phi) is 2.66. The van der Waals surface area contributed by atoms with E-state index in [0.717, 1.165) is 0 Å². The zero-order valence-electron chi connectivity index (χ0n) is 7.92. The molecule has 15 heavy (non-hydrogen) atoms. The van der Waals surface area contributed by atoms with Crippen LogP contribution >= 0.6 is 15.9 Å². The summed E-state index contributed by atoms with van der Waals surface area (Å²) in [6.07, 6.45) is 1.42. The van der Waals surface area contributed by atoms with Crippen molar-refractivity contribution in [3.63, 3.8) is 0 Å². The molecule has 0 spiro atoms. The molecule has 1 saturated carbocycles. The highest BCUT2D eigenvalue weighted by molar-refractivity contribution is 9.10. The van der Waals surface area contributed by atoms with E-state index in [4.69, 9.17) is 0 Å². The van der Waals surface area contributed by atoms with Gasteiger partial charge >= 0.3 is 0 Å². The van der Waals surface area contributed by atoms with E-state index in [2.05, 4.69) is 15.9 Å². The molecule has 0 bridgehead atoms. The van der Waals surface area contributed by atoms with Crippen LogP contribution in [0.1, 0.15) is 12.8 Å². The number of pyridine rings is 1. The molecule has 1 aliphatic rings. The standard InChI is InChI=1S/C10H10BrF2NO/c11-8-2-1-3-14(9(8)15)6-7-4-10(12,13)5-7/h1-3,7H,4-6H2. The third kappa shape index (κ3) is 2.27. The number of nitrogens with zero attached hydrogens (tertiary/aromatic N) is 1. The number of rotatable bonds is 2. The van der Waals surface area contributed by atoms with E-state index in [1.807, 2.05) is 0 Å². The molecule has 1 heterocycles. The van der Waals surface area contributed by atoms with Crippen molar-refractivity contribution >= 4 is 15.9 Å². The molecule has 0 aliphatic heterocycles. The minimum Gasteiger partial charge on any atom is -0.314 e. The lowest BCUT2D eigenvalue weighted by Crippen LogP contribution is -2.39. The summed E-state index contributed by atoms with van der Waals surface area (Å²) in [6.45, 7) is 0.383. The maximum absolute atomic E-state index is 12.6. The summed E-state index contributed by atoms with van der Waals surface area (Å²) < 4.78 is 27.1. The molecule has 5 heteroatoms. The Morgan fingerprint density at radius 2 is 2.20 bits per heavy atom. The highest BCUT2D eigenvalue weighted by atomic mass is 79.9. The van der Waals surface area contributed by atoms with Crippen LogP contribution in [-0.2, 0) is 6.54 Å². The molecule has 0 saturated heterocycles. The number of hydrogen-bond acceptors (Lipinski definition) is 1. The fourth-order valence-electron chi connectivity index (χ4n) is 1.84. The second kappa shape index (κ2) is 3.70. The van der Waals surface area contributed by atoms with Gasteiger partial charge in [-0.25, -0.2) is 8.78 Å². The van der Waals surface area contributed by atoms with Crippen molar-refractivity contribution in [2.75, 3.05) is 0 Å². The molecule has 82 valence electrons. The van der Waals surface area contributed by atoms with Gasteiger partial charge in [-0.1, -0.05) is 0 Å². The van der Waals surface area contributed by atoms with Crippen LogP contribution in [0, 0.1) is 5.92 Å². The lowest BCUT2D eigenvalue weighted by Gasteiger charge is -2.35. The average Bonchev–Trinajstić information content (AvgIpc) is 2.10. The molecule has 1 aromatic heterocycles. The van der Waals surface area contributed by atoms with Crippen LogP contribution in [0.25, 0.3) is 0 Å². The molecule has 0 radical (unpaired) electrons. The summed E-state index contributed by atoms with van der Waals surface area (Å²) in [5, 5.41) is 0. The van der Waals surface area contributed by atoms with Gasteiger partial charge in [0.05, 0.1) is 4.47 Å². The van der Waals surface area contributed by atoms with Crippen LogP contribution in [0.3, 0.4) is 0 Å². The smallest absolute Gasteiger partial charge is 0.264 e. The normalized spacial score (nSPS) is 19.9. The quantitative estimate of drug-likeness (QED) is 0.815.